The molecule has 0 saturated carbocycles. The lowest BCUT2D eigenvalue weighted by Crippen LogP contribution is -2.15. The summed E-state index contributed by atoms with van der Waals surface area (Å²) in [6, 6.07) is 9.51. The summed E-state index contributed by atoms with van der Waals surface area (Å²) in [5.74, 6) is 0.186. The first-order chi connectivity index (χ1) is 12.8. The van der Waals surface area contributed by atoms with E-state index in [9.17, 15) is 23.1 Å². The standard InChI is InChI=1S/C18H13F3N2O3S/c1-26-14-7-6-10(8-13(14)24)9-15-16(23-17(25)27-15)22-12-5-3-2-4-11(12)18(19,20)21/h2-9,24H,1H3,(H,22,23,25). The fourth-order valence-electron chi connectivity index (χ4n) is 2.41. The molecule has 2 N–H and O–H groups in total. The number of thioether (sulfide) groups is 1. The maximum absolute atomic E-state index is 13.2. The van der Waals surface area contributed by atoms with Gasteiger partial charge in [-0.25, -0.2) is 0 Å². The Morgan fingerprint density at radius 2 is 1.96 bits per heavy atom. The minimum Gasteiger partial charge on any atom is -0.504 e. The third kappa shape index (κ3) is 4.25. The lowest BCUT2D eigenvalue weighted by atomic mass is 10.1. The first-order valence-electron chi connectivity index (χ1n) is 7.61. The van der Waals surface area contributed by atoms with Gasteiger partial charge >= 0.3 is 11.4 Å². The van der Waals surface area contributed by atoms with Gasteiger partial charge in [0.15, 0.2) is 11.5 Å². The van der Waals surface area contributed by atoms with Crippen molar-refractivity contribution in [2.45, 2.75) is 6.18 Å². The van der Waals surface area contributed by atoms with Crippen molar-refractivity contribution in [3.05, 3.63) is 58.5 Å². The van der Waals surface area contributed by atoms with Crippen LogP contribution in [0.2, 0.25) is 0 Å². The average Bonchev–Trinajstić information content (AvgIpc) is 2.93. The van der Waals surface area contributed by atoms with Gasteiger partial charge in [-0.2, -0.15) is 18.2 Å². The second kappa shape index (κ2) is 7.36. The highest BCUT2D eigenvalue weighted by atomic mass is 32.2. The first-order valence-corrected chi connectivity index (χ1v) is 8.42. The average molecular weight is 394 g/mol. The van der Waals surface area contributed by atoms with Crippen molar-refractivity contribution in [1.29, 1.82) is 0 Å². The Labute approximate surface area is 156 Å². The van der Waals surface area contributed by atoms with Crippen LogP contribution < -0.4 is 10.1 Å². The Balaban J connectivity index is 1.93. The zero-order valence-electron chi connectivity index (χ0n) is 13.9. The number of aromatic hydroxyl groups is 1. The molecule has 1 amide bonds. The van der Waals surface area contributed by atoms with Gasteiger partial charge in [0, 0.05) is 0 Å². The van der Waals surface area contributed by atoms with Crippen molar-refractivity contribution < 1.29 is 27.8 Å². The molecule has 0 atom stereocenters. The van der Waals surface area contributed by atoms with E-state index in [1.54, 1.807) is 6.07 Å². The molecule has 0 spiro atoms. The maximum Gasteiger partial charge on any atom is 0.418 e. The Morgan fingerprint density at radius 3 is 2.63 bits per heavy atom. The van der Waals surface area contributed by atoms with Crippen LogP contribution in [0.1, 0.15) is 11.1 Å². The number of phenolic OH excluding ortho intramolecular Hbond substituents is 1. The third-order valence-electron chi connectivity index (χ3n) is 3.62. The number of benzene rings is 2. The van der Waals surface area contributed by atoms with E-state index in [4.69, 9.17) is 4.74 Å². The van der Waals surface area contributed by atoms with Crippen LogP contribution in [0.5, 0.6) is 11.5 Å². The van der Waals surface area contributed by atoms with E-state index in [0.717, 1.165) is 17.8 Å². The Bertz CT molecular complexity index is 955. The molecule has 27 heavy (non-hydrogen) atoms. The quantitative estimate of drug-likeness (QED) is 0.755. The molecule has 0 unspecified atom stereocenters. The Kier molecular flexibility index (Phi) is 5.13. The molecule has 0 aromatic heterocycles. The van der Waals surface area contributed by atoms with Gasteiger partial charge in [0.25, 0.3) is 0 Å². The second-order valence-corrected chi connectivity index (χ2v) is 6.43. The number of methoxy groups -OCH3 is 1. The number of halogens is 3. The third-order valence-corrected chi connectivity index (χ3v) is 4.42. The van der Waals surface area contributed by atoms with E-state index >= 15 is 0 Å². The predicted octanol–water partition coefficient (Wildman–Crippen LogP) is 5.14. The molecule has 1 aliphatic rings. The number of carbonyl (C=O) groups excluding carboxylic acids is 1. The van der Waals surface area contributed by atoms with Crippen LogP contribution >= 0.6 is 11.8 Å². The fourth-order valence-corrected chi connectivity index (χ4v) is 3.13. The van der Waals surface area contributed by atoms with Gasteiger partial charge in [-0.05, 0) is 47.7 Å². The molecule has 0 radical (unpaired) electrons. The van der Waals surface area contributed by atoms with Gasteiger partial charge in [-0.1, -0.05) is 18.2 Å². The SMILES string of the molecule is COc1ccc(C=C2SC(=O)N=C2Nc2ccccc2C(F)(F)F)cc1O. The van der Waals surface area contributed by atoms with Gasteiger partial charge in [0.2, 0.25) is 0 Å². The maximum atomic E-state index is 13.2. The number of hydrogen-bond donors (Lipinski definition) is 2. The van der Waals surface area contributed by atoms with Crippen molar-refractivity contribution in [1.82, 2.24) is 0 Å². The van der Waals surface area contributed by atoms with Crippen LogP contribution in [0, 0.1) is 0 Å². The van der Waals surface area contributed by atoms with Crippen LogP contribution in [0.25, 0.3) is 6.08 Å². The summed E-state index contributed by atoms with van der Waals surface area (Å²) in [5, 5.41) is 11.9. The number of hydrogen-bond acceptors (Lipinski definition) is 5. The van der Waals surface area contributed by atoms with Crippen LogP contribution in [-0.2, 0) is 6.18 Å². The van der Waals surface area contributed by atoms with Gasteiger partial charge in [0.1, 0.15) is 5.84 Å². The molecule has 140 valence electrons. The summed E-state index contributed by atoms with van der Waals surface area (Å²) in [5.41, 5.74) is -0.537. The minimum absolute atomic E-state index is 0.0111. The van der Waals surface area contributed by atoms with Crippen molar-refractivity contribution in [3.8, 4) is 11.5 Å². The molecule has 0 saturated heterocycles. The van der Waals surface area contributed by atoms with E-state index in [-0.39, 0.29) is 23.0 Å². The number of para-hydroxylation sites is 1. The molecule has 1 aliphatic heterocycles. The van der Waals surface area contributed by atoms with Crippen molar-refractivity contribution in [3.63, 3.8) is 0 Å². The molecule has 0 aliphatic carbocycles. The summed E-state index contributed by atoms with van der Waals surface area (Å²) in [7, 11) is 1.41. The van der Waals surface area contributed by atoms with E-state index in [0.29, 0.717) is 10.5 Å². The van der Waals surface area contributed by atoms with Crippen molar-refractivity contribution in [2.75, 3.05) is 12.4 Å². The van der Waals surface area contributed by atoms with Gasteiger partial charge < -0.3 is 15.2 Å². The summed E-state index contributed by atoms with van der Waals surface area (Å²) in [4.78, 5) is 15.8. The number of carbonyl (C=O) groups is 1. The van der Waals surface area contributed by atoms with Crippen LogP contribution in [0.3, 0.4) is 0 Å². The summed E-state index contributed by atoms with van der Waals surface area (Å²) in [6.45, 7) is 0. The van der Waals surface area contributed by atoms with Crippen molar-refractivity contribution in [2.24, 2.45) is 4.99 Å². The van der Waals surface area contributed by atoms with E-state index in [1.807, 2.05) is 0 Å². The summed E-state index contributed by atoms with van der Waals surface area (Å²) >= 11 is 0.779. The zero-order chi connectivity index (χ0) is 19.6. The van der Waals surface area contributed by atoms with Gasteiger partial charge in [-0.3, -0.25) is 4.79 Å². The molecule has 2 aromatic carbocycles. The highest BCUT2D eigenvalue weighted by Crippen LogP contribution is 2.37. The Hall–Kier alpha value is -2.94. The molecule has 3 rings (SSSR count). The van der Waals surface area contributed by atoms with Gasteiger partial charge in [-0.15, -0.1) is 0 Å². The van der Waals surface area contributed by atoms with Crippen molar-refractivity contribution >= 4 is 34.6 Å². The van der Waals surface area contributed by atoms with Gasteiger partial charge in [0.05, 0.1) is 23.3 Å². The molecule has 5 nitrogen and oxygen atoms in total. The summed E-state index contributed by atoms with van der Waals surface area (Å²) in [6.07, 6.45) is -3.01. The number of alkyl halides is 3. The normalized spacial score (nSPS) is 15.8. The number of phenols is 1. The number of nitrogens with one attached hydrogen (secondary N) is 1. The number of anilines is 1. The number of amides is 1. The van der Waals surface area contributed by atoms with Crippen LogP contribution in [0.15, 0.2) is 52.4 Å². The Morgan fingerprint density at radius 1 is 1.22 bits per heavy atom. The highest BCUT2D eigenvalue weighted by molar-refractivity contribution is 8.18. The number of amidine groups is 1. The zero-order valence-corrected chi connectivity index (χ0v) is 14.7. The van der Waals surface area contributed by atoms with Crippen LogP contribution in [0.4, 0.5) is 23.7 Å². The first kappa shape index (κ1) is 18.8. The lowest BCUT2D eigenvalue weighted by Gasteiger charge is -2.14. The monoisotopic (exact) mass is 394 g/mol. The number of ether oxygens (including phenoxy) is 1. The lowest BCUT2D eigenvalue weighted by molar-refractivity contribution is -0.136. The molecule has 1 heterocycles. The van der Waals surface area contributed by atoms with E-state index in [2.05, 4.69) is 10.3 Å². The number of nitrogens with zero attached hydrogens (tertiary/aromatic N) is 1. The summed E-state index contributed by atoms with van der Waals surface area (Å²) < 4.78 is 44.4. The van der Waals surface area contributed by atoms with E-state index in [1.165, 1.54) is 43.5 Å². The van der Waals surface area contributed by atoms with E-state index < -0.39 is 17.0 Å². The minimum atomic E-state index is -4.55. The molecule has 9 heteroatoms. The highest BCUT2D eigenvalue weighted by Gasteiger charge is 2.34. The largest absolute Gasteiger partial charge is 0.504 e. The number of rotatable bonds is 3. The topological polar surface area (TPSA) is 70.9 Å². The molecular weight excluding hydrogens is 381 g/mol. The fraction of sp³-hybridized carbons (Fsp3) is 0.111. The predicted molar refractivity (Wildman–Crippen MR) is 98.1 cm³/mol. The molecule has 0 bridgehead atoms. The second-order valence-electron chi connectivity index (χ2n) is 5.44. The smallest absolute Gasteiger partial charge is 0.418 e. The number of aliphatic imine (C=N–C) groups is 1. The van der Waals surface area contributed by atoms with Crippen LogP contribution in [-0.4, -0.2) is 23.3 Å². The molecular formula is C18H13F3N2O3S. The molecule has 0 fully saturated rings. The molecule has 2 aromatic rings.